The second-order valence-corrected chi connectivity index (χ2v) is 10.3. The van der Waals surface area contributed by atoms with E-state index in [0.717, 1.165) is 21.3 Å². The number of phenols is 1. The number of hydrogen-bond donors (Lipinski definition) is 2. The van der Waals surface area contributed by atoms with E-state index in [-0.39, 0.29) is 23.6 Å². The van der Waals surface area contributed by atoms with E-state index in [4.69, 9.17) is 4.18 Å². The number of amides is 1. The first-order chi connectivity index (χ1) is 14.5. The topological polar surface area (TPSA) is 130 Å². The molecule has 31 heavy (non-hydrogen) atoms. The lowest BCUT2D eigenvalue weighted by Gasteiger charge is -2.17. The van der Waals surface area contributed by atoms with Gasteiger partial charge in [-0.05, 0) is 34.5 Å². The average molecular weight is 463 g/mol. The van der Waals surface area contributed by atoms with Crippen LogP contribution in [0.3, 0.4) is 0 Å². The number of carbonyl (C=O) groups excluding carboxylic acids is 1. The van der Waals surface area contributed by atoms with Crippen molar-refractivity contribution in [3.8, 4) is 11.5 Å². The lowest BCUT2D eigenvalue weighted by molar-refractivity contribution is -0.117. The number of anilines is 1. The number of phenolic OH excluding ortho intramolecular Hbond substituents is 1. The highest BCUT2D eigenvalue weighted by molar-refractivity contribution is 7.92. The van der Waals surface area contributed by atoms with E-state index in [1.807, 2.05) is 29.0 Å². The first-order valence-corrected chi connectivity index (χ1v) is 12.3. The summed E-state index contributed by atoms with van der Waals surface area (Å²) in [6.45, 7) is -0.426. The Morgan fingerprint density at radius 3 is 2.52 bits per heavy atom. The fourth-order valence-corrected chi connectivity index (χ4v) is 5.14. The Balaban J connectivity index is 1.75. The lowest BCUT2D eigenvalue weighted by atomic mass is 9.97. The molecule has 3 aromatic carbocycles. The maximum absolute atomic E-state index is 12.0. The summed E-state index contributed by atoms with van der Waals surface area (Å²) < 4.78 is 55.3. The number of benzene rings is 3. The molecule has 2 N–H and O–H groups in total. The van der Waals surface area contributed by atoms with Gasteiger partial charge in [0.15, 0.2) is 0 Å². The molecule has 4 rings (SSSR count). The normalized spacial score (nSPS) is 15.8. The molecule has 1 aliphatic heterocycles. The van der Waals surface area contributed by atoms with Crippen molar-refractivity contribution in [1.29, 1.82) is 0 Å². The third kappa shape index (κ3) is 4.28. The van der Waals surface area contributed by atoms with E-state index in [1.165, 1.54) is 12.1 Å². The van der Waals surface area contributed by atoms with Crippen LogP contribution in [0.2, 0.25) is 0 Å². The highest BCUT2D eigenvalue weighted by Crippen LogP contribution is 2.35. The van der Waals surface area contributed by atoms with Gasteiger partial charge in [0.2, 0.25) is 0 Å². The Morgan fingerprint density at radius 1 is 1.13 bits per heavy atom. The van der Waals surface area contributed by atoms with Gasteiger partial charge in [-0.1, -0.05) is 36.4 Å². The van der Waals surface area contributed by atoms with Gasteiger partial charge in [-0.25, -0.2) is 9.03 Å². The SMILES string of the molecule is CS(=O)(=O)Oc1ccc2ccccc2c1Cc1ccc(N2CC(=O)NS2(=O)=O)c(O)c1. The zero-order valence-corrected chi connectivity index (χ0v) is 17.9. The average Bonchev–Trinajstić information content (AvgIpc) is 2.94. The summed E-state index contributed by atoms with van der Waals surface area (Å²) in [7, 11) is -7.82. The predicted molar refractivity (Wildman–Crippen MR) is 115 cm³/mol. The number of aromatic hydroxyl groups is 1. The molecule has 9 nitrogen and oxygen atoms in total. The minimum absolute atomic E-state index is 0.0346. The lowest BCUT2D eigenvalue weighted by Crippen LogP contribution is -2.29. The molecule has 1 fully saturated rings. The van der Waals surface area contributed by atoms with E-state index in [9.17, 15) is 26.7 Å². The number of nitrogens with zero attached hydrogens (tertiary/aromatic N) is 1. The molecule has 0 unspecified atom stereocenters. The predicted octanol–water partition coefficient (Wildman–Crippen LogP) is 1.66. The molecule has 0 aliphatic carbocycles. The van der Waals surface area contributed by atoms with E-state index in [2.05, 4.69) is 0 Å². The Labute approximate surface area is 179 Å². The summed E-state index contributed by atoms with van der Waals surface area (Å²) in [6.07, 6.45) is 1.17. The van der Waals surface area contributed by atoms with Crippen LogP contribution in [-0.2, 0) is 31.5 Å². The summed E-state index contributed by atoms with van der Waals surface area (Å²) in [4.78, 5) is 11.5. The van der Waals surface area contributed by atoms with Crippen molar-refractivity contribution in [2.24, 2.45) is 0 Å². The third-order valence-corrected chi connectivity index (χ3v) is 6.62. The van der Waals surface area contributed by atoms with Crippen molar-refractivity contribution in [3.05, 3.63) is 65.7 Å². The van der Waals surface area contributed by atoms with E-state index in [1.54, 1.807) is 18.2 Å². The van der Waals surface area contributed by atoms with Crippen molar-refractivity contribution in [1.82, 2.24) is 4.72 Å². The second kappa shape index (κ2) is 7.43. The molecular weight excluding hydrogens is 444 g/mol. The summed E-state index contributed by atoms with van der Waals surface area (Å²) in [5.74, 6) is -0.855. The first-order valence-electron chi connectivity index (χ1n) is 9.09. The van der Waals surface area contributed by atoms with Crippen molar-refractivity contribution >= 4 is 42.7 Å². The molecule has 1 heterocycles. The van der Waals surface area contributed by atoms with Gasteiger partial charge in [-0.2, -0.15) is 16.8 Å². The fourth-order valence-electron chi connectivity index (χ4n) is 3.49. The highest BCUT2D eigenvalue weighted by atomic mass is 32.2. The molecule has 3 aromatic rings. The molecule has 0 atom stereocenters. The van der Waals surface area contributed by atoms with Crippen LogP contribution in [0.25, 0.3) is 10.8 Å². The Hall–Kier alpha value is -3.31. The Morgan fingerprint density at radius 2 is 1.87 bits per heavy atom. The van der Waals surface area contributed by atoms with Crippen LogP contribution in [0.5, 0.6) is 11.5 Å². The molecule has 1 aliphatic rings. The van der Waals surface area contributed by atoms with Crippen LogP contribution in [0.4, 0.5) is 5.69 Å². The standard InChI is InChI=1S/C20H18N2O7S2/c1-30(25,26)29-19-9-7-14-4-2-3-5-15(14)16(19)10-13-6-8-17(18(23)11-13)22-12-20(24)21-31(22,27)28/h2-9,11,23H,10,12H2,1H3,(H,21,24). The molecule has 0 bridgehead atoms. The number of fused-ring (bicyclic) bond motifs is 1. The number of hydrogen-bond acceptors (Lipinski definition) is 7. The number of nitrogens with one attached hydrogen (secondary N) is 1. The van der Waals surface area contributed by atoms with Crippen LogP contribution in [-0.4, -0.2) is 40.6 Å². The molecule has 0 spiro atoms. The Bertz CT molecular complexity index is 1420. The van der Waals surface area contributed by atoms with Crippen molar-refractivity contribution in [3.63, 3.8) is 0 Å². The molecule has 0 saturated carbocycles. The summed E-state index contributed by atoms with van der Waals surface area (Å²) in [5.41, 5.74) is 1.15. The molecular formula is C20H18N2O7S2. The van der Waals surface area contributed by atoms with Gasteiger partial charge in [0.25, 0.3) is 5.91 Å². The van der Waals surface area contributed by atoms with Gasteiger partial charge in [-0.3, -0.25) is 4.79 Å². The molecule has 11 heteroatoms. The van der Waals surface area contributed by atoms with Gasteiger partial charge >= 0.3 is 20.3 Å². The summed E-state index contributed by atoms with van der Waals surface area (Å²) in [5, 5.41) is 12.1. The maximum Gasteiger partial charge on any atom is 0.326 e. The Kier molecular flexibility index (Phi) is 5.02. The monoisotopic (exact) mass is 462 g/mol. The molecule has 1 saturated heterocycles. The van der Waals surface area contributed by atoms with E-state index in [0.29, 0.717) is 11.1 Å². The van der Waals surface area contributed by atoms with Crippen molar-refractivity contribution < 1.29 is 30.9 Å². The molecule has 0 radical (unpaired) electrons. The smallest absolute Gasteiger partial charge is 0.326 e. The van der Waals surface area contributed by atoms with Crippen LogP contribution >= 0.6 is 0 Å². The quantitative estimate of drug-likeness (QED) is 0.552. The molecule has 1 amide bonds. The van der Waals surface area contributed by atoms with Crippen LogP contribution in [0, 0.1) is 0 Å². The number of rotatable bonds is 5. The first kappa shape index (κ1) is 20.9. The van der Waals surface area contributed by atoms with Crippen LogP contribution in [0.1, 0.15) is 11.1 Å². The minimum Gasteiger partial charge on any atom is -0.506 e. The van der Waals surface area contributed by atoms with Crippen molar-refractivity contribution in [2.75, 3.05) is 17.1 Å². The zero-order valence-electron chi connectivity index (χ0n) is 16.3. The summed E-state index contributed by atoms with van der Waals surface area (Å²) in [6, 6.07) is 15.1. The van der Waals surface area contributed by atoms with Crippen LogP contribution in [0.15, 0.2) is 54.6 Å². The number of carbonyl (C=O) groups is 1. The highest BCUT2D eigenvalue weighted by Gasteiger charge is 2.35. The second-order valence-electron chi connectivity index (χ2n) is 7.09. The van der Waals surface area contributed by atoms with Gasteiger partial charge in [-0.15, -0.1) is 0 Å². The third-order valence-electron chi connectivity index (χ3n) is 4.75. The van der Waals surface area contributed by atoms with Crippen molar-refractivity contribution in [2.45, 2.75) is 6.42 Å². The van der Waals surface area contributed by atoms with Gasteiger partial charge < -0.3 is 9.29 Å². The van der Waals surface area contributed by atoms with Gasteiger partial charge in [0.1, 0.15) is 18.0 Å². The van der Waals surface area contributed by atoms with E-state index < -0.39 is 32.8 Å². The fraction of sp³-hybridized carbons (Fsp3) is 0.150. The van der Waals surface area contributed by atoms with Crippen LogP contribution < -0.4 is 13.2 Å². The van der Waals surface area contributed by atoms with Gasteiger partial charge in [0, 0.05) is 12.0 Å². The maximum atomic E-state index is 12.0. The zero-order chi connectivity index (χ0) is 22.4. The minimum atomic E-state index is -4.05. The molecule has 0 aromatic heterocycles. The van der Waals surface area contributed by atoms with Gasteiger partial charge in [0.05, 0.1) is 11.9 Å². The molecule has 162 valence electrons. The summed E-state index contributed by atoms with van der Waals surface area (Å²) >= 11 is 0. The van der Waals surface area contributed by atoms with E-state index >= 15 is 0 Å². The largest absolute Gasteiger partial charge is 0.506 e.